The Labute approximate surface area is 180 Å². The molecular formula is H3CoLi2O16P4V. The van der Waals surface area contributed by atoms with Crippen molar-refractivity contribution in [2.24, 2.45) is 0 Å². The van der Waals surface area contributed by atoms with Crippen molar-refractivity contribution in [1.82, 2.24) is 0 Å². The SMILES string of the molecule is O=P(O)(O)O.O=P([O-])([O-])[O-].O=P([O-])([O-])[O-].O=P([O-])([O-])[O-].[Co+2].[Li+].[Li+].[V+5]. The van der Waals surface area contributed by atoms with Gasteiger partial charge >= 0.3 is 80.9 Å². The standard InChI is InChI=1S/Co.2Li.4H3O4P.V/c;;;4*1-5(2,3)4;/h;;;4*(H3,1,2,3,4);/q+2;2*+1;;;;;+5/p-9. The molecule has 0 aliphatic heterocycles. The second-order valence-corrected chi connectivity index (χ2v) is 5.56. The minimum absolute atomic E-state index is 0. The summed E-state index contributed by atoms with van der Waals surface area (Å²) in [4.78, 5) is 98.5. The van der Waals surface area contributed by atoms with Crippen LogP contribution in [0.4, 0.5) is 0 Å². The van der Waals surface area contributed by atoms with Gasteiger partial charge in [0.1, 0.15) is 0 Å². The summed E-state index contributed by atoms with van der Waals surface area (Å²) in [6, 6.07) is 0. The third-order valence-electron chi connectivity index (χ3n) is 0. The van der Waals surface area contributed by atoms with Gasteiger partial charge in [0.15, 0.2) is 0 Å². The molecule has 0 fully saturated rings. The summed E-state index contributed by atoms with van der Waals surface area (Å²) in [6.45, 7) is 0. The maximum absolute atomic E-state index is 8.88. The van der Waals surface area contributed by atoms with Crippen LogP contribution in [-0.2, 0) is 53.6 Å². The predicted octanol–water partition coefficient (Wildman–Crippen LogP) is -15.4. The first kappa shape index (κ1) is 50.4. The van der Waals surface area contributed by atoms with E-state index in [1.165, 1.54) is 0 Å². The molecule has 0 aliphatic carbocycles. The fourth-order valence-electron chi connectivity index (χ4n) is 0. The number of rotatable bonds is 0. The van der Waals surface area contributed by atoms with Gasteiger partial charge < -0.3 is 72.4 Å². The Bertz CT molecular complexity index is 301. The van der Waals surface area contributed by atoms with E-state index in [0.29, 0.717) is 0 Å². The molecule has 1 radical (unpaired) electrons. The normalized spacial score (nSPS) is 9.83. The van der Waals surface area contributed by atoms with Gasteiger partial charge in [-0.2, -0.15) is 23.5 Å². The van der Waals surface area contributed by atoms with Crippen molar-refractivity contribution in [2.75, 3.05) is 0 Å². The van der Waals surface area contributed by atoms with Gasteiger partial charge in [0.2, 0.25) is 0 Å². The van der Waals surface area contributed by atoms with Gasteiger partial charge in [-0.15, -0.1) is 0 Å². The van der Waals surface area contributed by atoms with Crippen molar-refractivity contribution in [3.63, 3.8) is 0 Å². The second-order valence-electron chi connectivity index (χ2n) is 1.85. The Kier molecular flexibility index (Phi) is 46.3. The summed E-state index contributed by atoms with van der Waals surface area (Å²) in [5.74, 6) is 0. The summed E-state index contributed by atoms with van der Waals surface area (Å²) in [6.07, 6.45) is 0. The van der Waals surface area contributed by atoms with Crippen LogP contribution in [0.2, 0.25) is 0 Å². The molecule has 0 amide bonds. The third-order valence-corrected chi connectivity index (χ3v) is 0. The maximum atomic E-state index is 8.88. The first-order valence-electron chi connectivity index (χ1n) is 2.97. The Morgan fingerprint density at radius 3 is 0.500 bits per heavy atom. The van der Waals surface area contributed by atoms with Gasteiger partial charge in [0, 0.05) is 0 Å². The topological polar surface area (TPSA) is 337 Å². The fraction of sp³-hybridized carbons (Fsp3) is 0. The zero-order valence-corrected chi connectivity index (χ0v) is 17.2. The van der Waals surface area contributed by atoms with E-state index in [2.05, 4.69) is 0 Å². The molecular weight excluding hydrogens is 504 g/mol. The predicted molar refractivity (Wildman–Crippen MR) is 37.1 cm³/mol. The van der Waals surface area contributed by atoms with Crippen molar-refractivity contribution in [3.8, 4) is 0 Å². The van der Waals surface area contributed by atoms with E-state index in [1.807, 2.05) is 0 Å². The van der Waals surface area contributed by atoms with Crippen molar-refractivity contribution in [3.05, 3.63) is 0 Å². The van der Waals surface area contributed by atoms with Crippen LogP contribution in [0.5, 0.6) is 0 Å². The van der Waals surface area contributed by atoms with Crippen molar-refractivity contribution in [1.29, 1.82) is 0 Å². The Morgan fingerprint density at radius 2 is 0.500 bits per heavy atom. The van der Waals surface area contributed by atoms with Crippen molar-refractivity contribution >= 4 is 31.3 Å². The molecule has 0 bridgehead atoms. The average Bonchev–Trinajstić information content (AvgIpc) is 1.62. The molecule has 0 heterocycles. The van der Waals surface area contributed by atoms with Crippen LogP contribution >= 0.6 is 31.3 Å². The van der Waals surface area contributed by atoms with Gasteiger partial charge in [-0.25, -0.2) is 4.57 Å². The van der Waals surface area contributed by atoms with E-state index in [-0.39, 0.29) is 73.1 Å². The minimum atomic E-state index is -5.39. The molecule has 16 nitrogen and oxygen atoms in total. The molecule has 0 aromatic carbocycles. The molecule has 0 aliphatic rings. The van der Waals surface area contributed by atoms with Crippen LogP contribution in [0.15, 0.2) is 0 Å². The molecule has 0 atom stereocenters. The van der Waals surface area contributed by atoms with Gasteiger partial charge in [-0.05, 0) is 0 Å². The molecule has 0 rings (SSSR count). The number of hydrogen-bond donors (Lipinski definition) is 3. The quantitative estimate of drug-likeness (QED) is 0.202. The molecule has 0 aromatic heterocycles. The zero-order valence-electron chi connectivity index (χ0n) is 11.2. The molecule has 0 saturated heterocycles. The van der Waals surface area contributed by atoms with Crippen LogP contribution in [0.1, 0.15) is 0 Å². The van der Waals surface area contributed by atoms with Gasteiger partial charge in [0.05, 0.1) is 0 Å². The molecule has 135 valence electrons. The van der Waals surface area contributed by atoms with Crippen LogP contribution < -0.4 is 81.8 Å². The van der Waals surface area contributed by atoms with Crippen LogP contribution in [0, 0.1) is 0 Å². The molecule has 0 unspecified atom stereocenters. The molecule has 3 N–H and O–H groups in total. The van der Waals surface area contributed by atoms with Crippen molar-refractivity contribution < 1.29 is 150 Å². The monoisotopic (exact) mass is 507 g/mol. The van der Waals surface area contributed by atoms with E-state index in [0.717, 1.165) is 0 Å². The molecule has 0 aromatic rings. The summed E-state index contributed by atoms with van der Waals surface area (Å²) in [5.41, 5.74) is 0. The fourth-order valence-corrected chi connectivity index (χ4v) is 0. The van der Waals surface area contributed by atoms with Gasteiger partial charge in [-0.3, -0.25) is 0 Å². The van der Waals surface area contributed by atoms with E-state index < -0.39 is 31.3 Å². The van der Waals surface area contributed by atoms with E-state index in [9.17, 15) is 0 Å². The molecule has 0 saturated carbocycles. The van der Waals surface area contributed by atoms with Crippen LogP contribution in [-0.4, -0.2) is 14.7 Å². The largest absolute Gasteiger partial charge is 5.00 e. The zero-order chi connectivity index (χ0) is 18.0. The molecule has 24 heteroatoms. The summed E-state index contributed by atoms with van der Waals surface area (Å²) < 4.78 is 34.5. The van der Waals surface area contributed by atoms with E-state index in [1.54, 1.807) is 0 Å². The van der Waals surface area contributed by atoms with Gasteiger partial charge in [0.25, 0.3) is 0 Å². The average molecular weight is 507 g/mol. The third kappa shape index (κ3) is 1870. The molecule has 24 heavy (non-hydrogen) atoms. The Balaban J connectivity index is -0.0000000225. The van der Waals surface area contributed by atoms with Crippen LogP contribution in [0.3, 0.4) is 0 Å². The van der Waals surface area contributed by atoms with Crippen molar-refractivity contribution in [2.45, 2.75) is 0 Å². The number of phosphoric acid groups is 4. The summed E-state index contributed by atoms with van der Waals surface area (Å²) in [5, 5.41) is 0. The maximum Gasteiger partial charge on any atom is 5.00 e. The first-order chi connectivity index (χ1) is 8.00. The smallest absolute Gasteiger partial charge is 0.822 e. The Morgan fingerprint density at radius 1 is 0.500 bits per heavy atom. The Hall–Kier alpha value is 2.73. The van der Waals surface area contributed by atoms with Crippen LogP contribution in [0.25, 0.3) is 0 Å². The number of hydrogen-bond acceptors (Lipinski definition) is 13. The second kappa shape index (κ2) is 22.0. The van der Waals surface area contributed by atoms with E-state index in [4.69, 9.17) is 77.0 Å². The molecule has 0 spiro atoms. The summed E-state index contributed by atoms with van der Waals surface area (Å²) in [7, 11) is -20.8. The van der Waals surface area contributed by atoms with E-state index >= 15 is 0 Å². The van der Waals surface area contributed by atoms with Gasteiger partial charge in [-0.1, -0.05) is 0 Å². The summed E-state index contributed by atoms with van der Waals surface area (Å²) >= 11 is 0. The first-order valence-corrected chi connectivity index (χ1v) is 8.92. The minimum Gasteiger partial charge on any atom is -0.822 e.